The molecule has 0 radical (unpaired) electrons. The molecule has 27 heavy (non-hydrogen) atoms. The number of rotatable bonds is 5. The summed E-state index contributed by atoms with van der Waals surface area (Å²) in [5, 5.41) is 0. The van der Waals surface area contributed by atoms with E-state index in [9.17, 15) is 9.59 Å². The molecule has 1 aliphatic heterocycles. The van der Waals surface area contributed by atoms with Crippen molar-refractivity contribution in [2.45, 2.75) is 38.7 Å². The lowest BCUT2D eigenvalue weighted by molar-refractivity contribution is 0.0539. The van der Waals surface area contributed by atoms with E-state index >= 15 is 0 Å². The van der Waals surface area contributed by atoms with Gasteiger partial charge in [0.05, 0.1) is 6.10 Å². The first-order valence-corrected chi connectivity index (χ1v) is 9.83. The van der Waals surface area contributed by atoms with Crippen molar-refractivity contribution in [3.63, 3.8) is 0 Å². The quantitative estimate of drug-likeness (QED) is 0.803. The number of amides is 1. The number of carbonyl (C=O) groups is 2. The van der Waals surface area contributed by atoms with E-state index in [0.717, 1.165) is 48.1 Å². The molecule has 140 valence electrons. The summed E-state index contributed by atoms with van der Waals surface area (Å²) in [4.78, 5) is 26.7. The van der Waals surface area contributed by atoms with Crippen LogP contribution in [-0.4, -0.2) is 42.4 Å². The average molecular weight is 363 g/mol. The fourth-order valence-corrected chi connectivity index (χ4v) is 4.04. The highest BCUT2D eigenvalue weighted by Gasteiger charge is 2.23. The Hall–Kier alpha value is -2.46. The Kier molecular flexibility index (Phi) is 5.08. The van der Waals surface area contributed by atoms with E-state index in [1.165, 1.54) is 0 Å². The fraction of sp³-hybridized carbons (Fsp3) is 0.391. The number of hydrogen-bond acceptors (Lipinski definition) is 3. The molecular formula is C23H25NO3. The molecule has 1 saturated heterocycles. The number of carbonyl (C=O) groups excluding carboxylic acids is 2. The van der Waals surface area contributed by atoms with Gasteiger partial charge in [-0.2, -0.15) is 0 Å². The average Bonchev–Trinajstić information content (AvgIpc) is 3.35. The van der Waals surface area contributed by atoms with Gasteiger partial charge in [-0.05, 0) is 55.0 Å². The van der Waals surface area contributed by atoms with Crippen molar-refractivity contribution in [1.82, 2.24) is 4.90 Å². The van der Waals surface area contributed by atoms with Crippen LogP contribution >= 0.6 is 0 Å². The maximum Gasteiger partial charge on any atom is 0.253 e. The Morgan fingerprint density at radius 1 is 1.15 bits per heavy atom. The standard InChI is InChI=1S/C23H25NO3/c1-2-24(15-20-7-4-12-27-20)23(26)19-6-3-5-16(14-19)17-8-10-21-18(13-17)9-11-22(21)25/h3,5-6,8,10,13-14,20H,2,4,7,9,11-12,15H2,1H3/t20-/m1/s1. The molecule has 1 fully saturated rings. The number of aryl methyl sites for hydroxylation is 1. The molecule has 0 spiro atoms. The Morgan fingerprint density at radius 3 is 2.78 bits per heavy atom. The predicted molar refractivity (Wildman–Crippen MR) is 105 cm³/mol. The summed E-state index contributed by atoms with van der Waals surface area (Å²) in [6.07, 6.45) is 3.67. The number of likely N-dealkylation sites (N-methyl/N-ethyl adjacent to an activating group) is 1. The lowest BCUT2D eigenvalue weighted by Gasteiger charge is -2.24. The zero-order chi connectivity index (χ0) is 18.8. The van der Waals surface area contributed by atoms with Gasteiger partial charge in [-0.1, -0.05) is 30.3 Å². The Morgan fingerprint density at radius 2 is 2.00 bits per heavy atom. The lowest BCUT2D eigenvalue weighted by atomic mass is 9.98. The first-order chi connectivity index (χ1) is 13.2. The van der Waals surface area contributed by atoms with Gasteiger partial charge in [-0.15, -0.1) is 0 Å². The number of fused-ring (bicyclic) bond motifs is 1. The fourth-order valence-electron chi connectivity index (χ4n) is 4.04. The van der Waals surface area contributed by atoms with E-state index in [-0.39, 0.29) is 17.8 Å². The summed E-state index contributed by atoms with van der Waals surface area (Å²) in [5.41, 5.74) is 4.72. The first kappa shape index (κ1) is 17.9. The van der Waals surface area contributed by atoms with E-state index in [1.54, 1.807) is 0 Å². The van der Waals surface area contributed by atoms with Crippen LogP contribution in [0.25, 0.3) is 11.1 Å². The van der Waals surface area contributed by atoms with E-state index in [0.29, 0.717) is 25.1 Å². The second-order valence-electron chi connectivity index (χ2n) is 7.35. The molecule has 1 aliphatic carbocycles. The maximum absolute atomic E-state index is 13.0. The molecular weight excluding hydrogens is 338 g/mol. The number of nitrogens with zero attached hydrogens (tertiary/aromatic N) is 1. The second-order valence-corrected chi connectivity index (χ2v) is 7.35. The lowest BCUT2D eigenvalue weighted by Crippen LogP contribution is -2.37. The smallest absolute Gasteiger partial charge is 0.253 e. The van der Waals surface area contributed by atoms with Gasteiger partial charge in [0, 0.05) is 37.2 Å². The normalized spacial score (nSPS) is 18.6. The third kappa shape index (κ3) is 3.67. The van der Waals surface area contributed by atoms with Crippen LogP contribution in [0.15, 0.2) is 42.5 Å². The highest BCUT2D eigenvalue weighted by molar-refractivity contribution is 6.01. The van der Waals surface area contributed by atoms with Crippen molar-refractivity contribution < 1.29 is 14.3 Å². The van der Waals surface area contributed by atoms with Gasteiger partial charge in [-0.3, -0.25) is 9.59 Å². The van der Waals surface area contributed by atoms with Gasteiger partial charge in [0.2, 0.25) is 0 Å². The van der Waals surface area contributed by atoms with E-state index in [1.807, 2.05) is 48.2 Å². The van der Waals surface area contributed by atoms with Crippen molar-refractivity contribution in [3.05, 3.63) is 59.2 Å². The van der Waals surface area contributed by atoms with Crippen LogP contribution in [0.3, 0.4) is 0 Å². The molecule has 0 unspecified atom stereocenters. The number of hydrogen-bond donors (Lipinski definition) is 0. The molecule has 1 heterocycles. The van der Waals surface area contributed by atoms with Crippen LogP contribution in [0.4, 0.5) is 0 Å². The Labute approximate surface area is 160 Å². The van der Waals surface area contributed by atoms with Crippen LogP contribution in [0.1, 0.15) is 52.5 Å². The van der Waals surface area contributed by atoms with Gasteiger partial charge in [0.15, 0.2) is 5.78 Å². The number of Topliss-reactive ketones (excluding diaryl/α,β-unsaturated/α-hetero) is 1. The summed E-state index contributed by atoms with van der Waals surface area (Å²) < 4.78 is 5.69. The number of ether oxygens (including phenoxy) is 1. The van der Waals surface area contributed by atoms with E-state index in [4.69, 9.17) is 4.74 Å². The molecule has 2 aromatic carbocycles. The zero-order valence-corrected chi connectivity index (χ0v) is 15.7. The summed E-state index contributed by atoms with van der Waals surface area (Å²) >= 11 is 0. The van der Waals surface area contributed by atoms with Crippen LogP contribution < -0.4 is 0 Å². The predicted octanol–water partition coefficient (Wildman–Crippen LogP) is 4.12. The van der Waals surface area contributed by atoms with Crippen molar-refractivity contribution in [2.75, 3.05) is 19.7 Å². The number of benzene rings is 2. The van der Waals surface area contributed by atoms with Gasteiger partial charge in [0.1, 0.15) is 0 Å². The summed E-state index contributed by atoms with van der Waals surface area (Å²) in [6, 6.07) is 13.8. The van der Waals surface area contributed by atoms with Crippen molar-refractivity contribution in [1.29, 1.82) is 0 Å². The van der Waals surface area contributed by atoms with Gasteiger partial charge >= 0.3 is 0 Å². The molecule has 2 aliphatic rings. The van der Waals surface area contributed by atoms with E-state index < -0.39 is 0 Å². The summed E-state index contributed by atoms with van der Waals surface area (Å²) in [5.74, 6) is 0.277. The molecule has 0 saturated carbocycles. The second kappa shape index (κ2) is 7.65. The molecule has 1 amide bonds. The first-order valence-electron chi connectivity index (χ1n) is 9.83. The molecule has 0 bridgehead atoms. The molecule has 4 rings (SSSR count). The van der Waals surface area contributed by atoms with Crippen LogP contribution in [0, 0.1) is 0 Å². The molecule has 2 aromatic rings. The Bertz CT molecular complexity index is 868. The zero-order valence-electron chi connectivity index (χ0n) is 15.7. The largest absolute Gasteiger partial charge is 0.376 e. The van der Waals surface area contributed by atoms with Crippen LogP contribution in [-0.2, 0) is 11.2 Å². The Balaban J connectivity index is 1.56. The molecule has 0 aromatic heterocycles. The summed E-state index contributed by atoms with van der Waals surface area (Å²) in [6.45, 7) is 4.13. The minimum Gasteiger partial charge on any atom is -0.376 e. The van der Waals surface area contributed by atoms with Crippen LogP contribution in [0.2, 0.25) is 0 Å². The number of ketones is 1. The highest BCUT2D eigenvalue weighted by Crippen LogP contribution is 2.29. The van der Waals surface area contributed by atoms with Crippen LogP contribution in [0.5, 0.6) is 0 Å². The van der Waals surface area contributed by atoms with Crippen molar-refractivity contribution in [3.8, 4) is 11.1 Å². The minimum absolute atomic E-state index is 0.0474. The van der Waals surface area contributed by atoms with Crippen molar-refractivity contribution in [2.24, 2.45) is 0 Å². The third-order valence-electron chi connectivity index (χ3n) is 5.59. The van der Waals surface area contributed by atoms with Gasteiger partial charge in [-0.25, -0.2) is 0 Å². The topological polar surface area (TPSA) is 46.6 Å². The molecule has 0 N–H and O–H groups in total. The molecule has 4 heteroatoms. The van der Waals surface area contributed by atoms with Gasteiger partial charge < -0.3 is 9.64 Å². The highest BCUT2D eigenvalue weighted by atomic mass is 16.5. The monoisotopic (exact) mass is 363 g/mol. The third-order valence-corrected chi connectivity index (χ3v) is 5.59. The minimum atomic E-state index is 0.0474. The van der Waals surface area contributed by atoms with Crippen molar-refractivity contribution >= 4 is 11.7 Å². The maximum atomic E-state index is 13.0. The molecule has 4 nitrogen and oxygen atoms in total. The SMILES string of the molecule is CCN(C[C@H]1CCCO1)C(=O)c1cccc(-c2ccc3c(c2)CCC3=O)c1. The summed E-state index contributed by atoms with van der Waals surface area (Å²) in [7, 11) is 0. The van der Waals surface area contributed by atoms with Gasteiger partial charge in [0.25, 0.3) is 5.91 Å². The van der Waals surface area contributed by atoms with E-state index in [2.05, 4.69) is 6.07 Å². The molecule has 1 atom stereocenters.